The van der Waals surface area contributed by atoms with E-state index in [1.54, 1.807) is 0 Å². The molecule has 0 atom stereocenters. The number of piperidine rings is 1. The molecule has 2 heterocycles. The maximum absolute atomic E-state index is 13.3. The molecule has 0 bridgehead atoms. The third-order valence-electron chi connectivity index (χ3n) is 7.17. The van der Waals surface area contributed by atoms with E-state index in [2.05, 4.69) is 31.2 Å². The molecule has 2 aliphatic heterocycles. The van der Waals surface area contributed by atoms with Crippen molar-refractivity contribution in [3.8, 4) is 11.5 Å². The molecule has 5 heteroatoms. The van der Waals surface area contributed by atoms with Gasteiger partial charge in [0.2, 0.25) is 6.79 Å². The summed E-state index contributed by atoms with van der Waals surface area (Å²) in [6, 6.07) is 24.0. The van der Waals surface area contributed by atoms with E-state index in [-0.39, 0.29) is 12.7 Å². The Balaban J connectivity index is 0.000000342. The fourth-order valence-corrected chi connectivity index (χ4v) is 4.88. The Morgan fingerprint density at radius 3 is 2.19 bits per heavy atom. The number of likely N-dealkylation sites (tertiary alicyclic amines) is 1. The topological polar surface area (TPSA) is 59.0 Å². The Morgan fingerprint density at radius 1 is 0.919 bits per heavy atom. The Hall–Kier alpha value is -3.57. The summed E-state index contributed by atoms with van der Waals surface area (Å²) >= 11 is 0. The molecule has 1 fully saturated rings. The number of aliphatic hydroxyl groups is 1. The van der Waals surface area contributed by atoms with Crippen LogP contribution in [0.25, 0.3) is 5.57 Å². The van der Waals surface area contributed by atoms with E-state index in [9.17, 15) is 9.90 Å². The molecule has 2 aliphatic rings. The molecule has 3 aromatic carbocycles. The second kappa shape index (κ2) is 11.7. The van der Waals surface area contributed by atoms with Gasteiger partial charge in [-0.2, -0.15) is 0 Å². The highest BCUT2D eigenvalue weighted by molar-refractivity contribution is 6.20. The van der Waals surface area contributed by atoms with E-state index in [4.69, 9.17) is 9.47 Å². The molecular weight excluding hydrogens is 462 g/mol. The molecule has 0 radical (unpaired) electrons. The Bertz CT molecular complexity index is 1250. The molecule has 0 aliphatic carbocycles. The molecule has 5 rings (SSSR count). The van der Waals surface area contributed by atoms with Crippen LogP contribution in [0.3, 0.4) is 0 Å². The van der Waals surface area contributed by atoms with E-state index in [1.807, 2.05) is 74.2 Å². The van der Waals surface area contributed by atoms with Gasteiger partial charge in [-0.25, -0.2) is 0 Å². The van der Waals surface area contributed by atoms with Crippen LogP contribution in [0.2, 0.25) is 0 Å². The van der Waals surface area contributed by atoms with Gasteiger partial charge in [0, 0.05) is 18.7 Å². The number of fused-ring (bicyclic) bond motifs is 1. The average molecular weight is 500 g/mol. The van der Waals surface area contributed by atoms with Gasteiger partial charge in [0.15, 0.2) is 11.5 Å². The highest BCUT2D eigenvalue weighted by Gasteiger charge is 2.37. The van der Waals surface area contributed by atoms with Crippen molar-refractivity contribution in [2.24, 2.45) is 0 Å². The molecule has 0 spiro atoms. The van der Waals surface area contributed by atoms with Gasteiger partial charge < -0.3 is 19.5 Å². The second-order valence-corrected chi connectivity index (χ2v) is 9.92. The molecule has 5 nitrogen and oxygen atoms in total. The van der Waals surface area contributed by atoms with Crippen molar-refractivity contribution < 1.29 is 19.4 Å². The first-order valence-corrected chi connectivity index (χ1v) is 13.0. The minimum Gasteiger partial charge on any atom is -0.454 e. The predicted molar refractivity (Wildman–Crippen MR) is 148 cm³/mol. The van der Waals surface area contributed by atoms with Crippen LogP contribution in [-0.2, 0) is 16.8 Å². The number of nitrogens with zero attached hydrogens (tertiary/aromatic N) is 1. The molecule has 0 aromatic heterocycles. The van der Waals surface area contributed by atoms with Crippen LogP contribution in [0.4, 0.5) is 0 Å². The molecule has 1 saturated heterocycles. The zero-order chi connectivity index (χ0) is 26.4. The third kappa shape index (κ3) is 6.05. The summed E-state index contributed by atoms with van der Waals surface area (Å²) in [5.74, 6) is 1.41. The van der Waals surface area contributed by atoms with Crippen LogP contribution in [-0.4, -0.2) is 35.8 Å². The summed E-state index contributed by atoms with van der Waals surface area (Å²) in [7, 11) is 0. The van der Waals surface area contributed by atoms with Gasteiger partial charge in [0.25, 0.3) is 5.91 Å². The molecule has 3 aromatic rings. The number of allylic oxidation sites excluding steroid dienone is 1. The highest BCUT2D eigenvalue weighted by atomic mass is 16.7. The summed E-state index contributed by atoms with van der Waals surface area (Å²) in [6.45, 7) is 9.37. The smallest absolute Gasteiger partial charge is 0.254 e. The molecule has 0 saturated carbocycles. The monoisotopic (exact) mass is 499 g/mol. The van der Waals surface area contributed by atoms with Crippen molar-refractivity contribution in [3.05, 3.63) is 101 Å². The van der Waals surface area contributed by atoms with Gasteiger partial charge in [0.05, 0.1) is 5.60 Å². The minimum absolute atomic E-state index is 0.0343. The predicted octanol–water partition coefficient (Wildman–Crippen LogP) is 6.28. The summed E-state index contributed by atoms with van der Waals surface area (Å²) in [5.41, 5.74) is 5.09. The summed E-state index contributed by atoms with van der Waals surface area (Å²) in [6.07, 6.45) is 2.12. The lowest BCUT2D eigenvalue weighted by Gasteiger charge is -2.39. The lowest BCUT2D eigenvalue weighted by molar-refractivity contribution is -0.129. The fraction of sp³-hybridized carbons (Fsp3) is 0.344. The molecule has 1 amide bonds. The second-order valence-electron chi connectivity index (χ2n) is 9.92. The van der Waals surface area contributed by atoms with Crippen molar-refractivity contribution in [3.63, 3.8) is 0 Å². The first-order chi connectivity index (χ1) is 17.8. The Morgan fingerprint density at radius 2 is 1.57 bits per heavy atom. The lowest BCUT2D eigenvalue weighted by Crippen LogP contribution is -2.45. The highest BCUT2D eigenvalue weighted by Crippen LogP contribution is 2.40. The number of carbonyl (C=O) groups excluding carboxylic acids is 1. The number of aryl methyl sites for hydroxylation is 2. The van der Waals surface area contributed by atoms with Gasteiger partial charge in [-0.3, -0.25) is 4.79 Å². The number of ether oxygens (including phenoxy) is 2. The first kappa shape index (κ1) is 26.5. The van der Waals surface area contributed by atoms with E-state index < -0.39 is 5.60 Å². The number of benzene rings is 3. The molecular formula is C32H37NO4. The van der Waals surface area contributed by atoms with Crippen molar-refractivity contribution in [1.82, 2.24) is 4.90 Å². The number of amides is 1. The van der Waals surface area contributed by atoms with E-state index >= 15 is 0 Å². The lowest BCUT2D eigenvalue weighted by atomic mass is 9.83. The van der Waals surface area contributed by atoms with Gasteiger partial charge in [-0.15, -0.1) is 0 Å². The quantitative estimate of drug-likeness (QED) is 0.430. The van der Waals surface area contributed by atoms with Crippen LogP contribution in [0.15, 0.2) is 78.4 Å². The molecule has 194 valence electrons. The van der Waals surface area contributed by atoms with Crippen LogP contribution >= 0.6 is 0 Å². The third-order valence-corrected chi connectivity index (χ3v) is 7.17. The SMILES string of the molecule is CC(C)=C(C(=O)N1CCC(O)(c2ccc3c(c2)OCO3)CC1)c1ccccc1C.CCc1ccccc1. The normalized spacial score (nSPS) is 15.4. The van der Waals surface area contributed by atoms with E-state index in [1.165, 1.54) is 5.56 Å². The minimum atomic E-state index is -0.967. The Kier molecular flexibility index (Phi) is 8.34. The van der Waals surface area contributed by atoms with E-state index in [0.29, 0.717) is 37.4 Å². The number of carbonyl (C=O) groups is 1. The maximum Gasteiger partial charge on any atom is 0.254 e. The van der Waals surface area contributed by atoms with Crippen molar-refractivity contribution in [2.75, 3.05) is 19.9 Å². The van der Waals surface area contributed by atoms with Crippen molar-refractivity contribution >= 4 is 11.5 Å². The number of rotatable bonds is 4. The average Bonchev–Trinajstić information content (AvgIpc) is 3.39. The standard InChI is InChI=1S/C24H27NO4.C8H10/c1-16(2)22(19-7-5-4-6-17(19)3)23(26)25-12-10-24(27,11-13-25)18-8-9-20-21(14-18)29-15-28-20;1-2-8-6-4-3-5-7-8/h4-9,14,27H,10-13,15H2,1-3H3;3-7H,2H2,1H3. The summed E-state index contributed by atoms with van der Waals surface area (Å²) in [5, 5.41) is 11.2. The van der Waals surface area contributed by atoms with Crippen LogP contribution < -0.4 is 9.47 Å². The molecule has 0 unspecified atom stereocenters. The maximum atomic E-state index is 13.3. The van der Waals surface area contributed by atoms with Crippen molar-refractivity contribution in [1.29, 1.82) is 0 Å². The zero-order valence-electron chi connectivity index (χ0n) is 22.3. The van der Waals surface area contributed by atoms with Gasteiger partial charge in [-0.05, 0) is 74.4 Å². The fourth-order valence-electron chi connectivity index (χ4n) is 4.88. The van der Waals surface area contributed by atoms with Crippen LogP contribution in [0.1, 0.15) is 55.9 Å². The Labute approximate surface area is 220 Å². The van der Waals surface area contributed by atoms with Gasteiger partial charge in [-0.1, -0.05) is 73.2 Å². The number of hydrogen-bond acceptors (Lipinski definition) is 4. The molecule has 1 N–H and O–H groups in total. The van der Waals surface area contributed by atoms with Crippen molar-refractivity contribution in [2.45, 2.75) is 52.6 Å². The summed E-state index contributed by atoms with van der Waals surface area (Å²) < 4.78 is 10.8. The summed E-state index contributed by atoms with van der Waals surface area (Å²) in [4.78, 5) is 15.2. The van der Waals surface area contributed by atoms with Gasteiger partial charge in [0.1, 0.15) is 0 Å². The van der Waals surface area contributed by atoms with E-state index in [0.717, 1.165) is 34.3 Å². The molecule has 37 heavy (non-hydrogen) atoms. The van der Waals surface area contributed by atoms with Crippen LogP contribution in [0.5, 0.6) is 11.5 Å². The number of hydrogen-bond donors (Lipinski definition) is 1. The van der Waals surface area contributed by atoms with Crippen LogP contribution in [0, 0.1) is 6.92 Å². The largest absolute Gasteiger partial charge is 0.454 e. The zero-order valence-corrected chi connectivity index (χ0v) is 22.3. The van der Waals surface area contributed by atoms with Gasteiger partial charge >= 0.3 is 0 Å². The first-order valence-electron chi connectivity index (χ1n) is 13.0.